The third-order valence-corrected chi connectivity index (χ3v) is 3.72. The minimum absolute atomic E-state index is 0.0480. The molecular weight excluding hydrogens is 284 g/mol. The van der Waals surface area contributed by atoms with Crippen molar-refractivity contribution in [2.24, 2.45) is 5.73 Å². The number of carbonyl (C=O) groups is 2. The second-order valence-electron chi connectivity index (χ2n) is 3.90. The molecule has 0 aliphatic rings. The summed E-state index contributed by atoms with van der Waals surface area (Å²) >= 11 is 6.01. The maximum absolute atomic E-state index is 11.9. The van der Waals surface area contributed by atoms with Gasteiger partial charge in [0, 0.05) is 4.88 Å². The number of thiophene rings is 1. The molecule has 3 N–H and O–H groups in total. The summed E-state index contributed by atoms with van der Waals surface area (Å²) in [5.74, 6) is -0.769. The molecule has 0 bridgehead atoms. The van der Waals surface area contributed by atoms with Crippen molar-refractivity contribution in [3.8, 4) is 0 Å². The summed E-state index contributed by atoms with van der Waals surface area (Å²) in [6, 6.07) is 0. The topological polar surface area (TPSA) is 81.4 Å². The zero-order valence-electron chi connectivity index (χ0n) is 11.0. The zero-order chi connectivity index (χ0) is 14.6. The van der Waals surface area contributed by atoms with Crippen molar-refractivity contribution in [2.45, 2.75) is 27.2 Å². The largest absolute Gasteiger partial charge is 0.462 e. The average molecular weight is 300 g/mol. The van der Waals surface area contributed by atoms with Crippen molar-refractivity contribution in [1.82, 2.24) is 0 Å². The lowest BCUT2D eigenvalue weighted by atomic mass is 10.1. The van der Waals surface area contributed by atoms with Gasteiger partial charge in [-0.1, -0.05) is 12.2 Å². The van der Waals surface area contributed by atoms with E-state index in [2.05, 4.69) is 17.5 Å². The Balaban J connectivity index is 3.00. The van der Waals surface area contributed by atoms with Crippen LogP contribution in [0.25, 0.3) is 0 Å². The van der Waals surface area contributed by atoms with Crippen LogP contribution in [0.1, 0.15) is 34.1 Å². The molecule has 104 valence electrons. The second-order valence-corrected chi connectivity index (χ2v) is 5.65. The van der Waals surface area contributed by atoms with Crippen molar-refractivity contribution in [3.05, 3.63) is 16.0 Å². The normalized spacial score (nSPS) is 10.1. The second kappa shape index (κ2) is 6.63. The Bertz CT molecular complexity index is 523. The molecule has 0 spiro atoms. The lowest BCUT2D eigenvalue weighted by Crippen LogP contribution is -2.21. The van der Waals surface area contributed by atoms with Crippen molar-refractivity contribution >= 4 is 45.4 Å². The molecule has 0 unspecified atom stereocenters. The van der Waals surface area contributed by atoms with Crippen molar-refractivity contribution < 1.29 is 14.3 Å². The first-order valence-corrected chi connectivity index (χ1v) is 6.94. The number of aryl methyl sites for hydroxylation is 1. The molecule has 1 heterocycles. The van der Waals surface area contributed by atoms with Crippen molar-refractivity contribution in [3.63, 3.8) is 0 Å². The minimum Gasteiger partial charge on any atom is -0.462 e. The quantitative estimate of drug-likeness (QED) is 0.643. The molecule has 0 fully saturated rings. The van der Waals surface area contributed by atoms with E-state index in [1.165, 1.54) is 11.3 Å². The number of anilines is 1. The predicted molar refractivity (Wildman–Crippen MR) is 79.8 cm³/mol. The molecule has 7 heteroatoms. The highest BCUT2D eigenvalue weighted by Crippen LogP contribution is 2.33. The van der Waals surface area contributed by atoms with Gasteiger partial charge in [-0.3, -0.25) is 4.79 Å². The highest BCUT2D eigenvalue weighted by molar-refractivity contribution is 7.80. The van der Waals surface area contributed by atoms with E-state index in [1.807, 2.05) is 13.8 Å². The Labute approximate surface area is 121 Å². The van der Waals surface area contributed by atoms with Gasteiger partial charge in [-0.15, -0.1) is 11.3 Å². The first kappa shape index (κ1) is 15.6. The van der Waals surface area contributed by atoms with E-state index in [0.717, 1.165) is 10.4 Å². The van der Waals surface area contributed by atoms with Crippen LogP contribution in [0.2, 0.25) is 0 Å². The van der Waals surface area contributed by atoms with Gasteiger partial charge in [0.05, 0.1) is 23.6 Å². The van der Waals surface area contributed by atoms with Crippen LogP contribution in [0.4, 0.5) is 5.00 Å². The molecule has 0 aromatic carbocycles. The lowest BCUT2D eigenvalue weighted by molar-refractivity contribution is -0.115. The number of nitrogens with two attached hydrogens (primary N) is 1. The summed E-state index contributed by atoms with van der Waals surface area (Å²) in [7, 11) is 0. The number of hydrogen-bond acceptors (Lipinski definition) is 5. The molecule has 5 nitrogen and oxygen atoms in total. The van der Waals surface area contributed by atoms with Gasteiger partial charge in [0.25, 0.3) is 0 Å². The van der Waals surface area contributed by atoms with E-state index in [4.69, 9.17) is 10.5 Å². The third-order valence-electron chi connectivity index (χ3n) is 2.45. The number of ether oxygens (including phenoxy) is 1. The number of carbonyl (C=O) groups excluding carboxylic acids is 2. The molecule has 1 aromatic rings. The molecule has 0 saturated carbocycles. The summed E-state index contributed by atoms with van der Waals surface area (Å²) in [6.45, 7) is 5.72. The van der Waals surface area contributed by atoms with Gasteiger partial charge in [0.15, 0.2) is 0 Å². The van der Waals surface area contributed by atoms with Gasteiger partial charge in [-0.25, -0.2) is 4.79 Å². The fourth-order valence-electron chi connectivity index (χ4n) is 1.49. The Hall–Kier alpha value is -1.47. The number of amides is 1. The molecule has 1 amide bonds. The van der Waals surface area contributed by atoms with E-state index in [9.17, 15) is 9.59 Å². The minimum atomic E-state index is -0.435. The van der Waals surface area contributed by atoms with E-state index in [0.29, 0.717) is 10.6 Å². The van der Waals surface area contributed by atoms with E-state index in [-0.39, 0.29) is 23.9 Å². The molecule has 1 aromatic heterocycles. The van der Waals surface area contributed by atoms with Crippen LogP contribution in [0, 0.1) is 13.8 Å². The first-order chi connectivity index (χ1) is 8.86. The van der Waals surface area contributed by atoms with E-state index < -0.39 is 5.97 Å². The smallest absolute Gasteiger partial charge is 0.341 e. The fraction of sp³-hybridized carbons (Fsp3) is 0.417. The van der Waals surface area contributed by atoms with Gasteiger partial charge in [0.1, 0.15) is 5.00 Å². The van der Waals surface area contributed by atoms with Crippen LogP contribution >= 0.6 is 23.6 Å². The van der Waals surface area contributed by atoms with E-state index >= 15 is 0 Å². The highest BCUT2D eigenvalue weighted by Gasteiger charge is 2.22. The number of esters is 1. The molecule has 19 heavy (non-hydrogen) atoms. The summed E-state index contributed by atoms with van der Waals surface area (Å²) in [5.41, 5.74) is 6.53. The average Bonchev–Trinajstić information content (AvgIpc) is 2.53. The van der Waals surface area contributed by atoms with Gasteiger partial charge >= 0.3 is 5.97 Å². The molecule has 1 rings (SSSR count). The van der Waals surface area contributed by atoms with Crippen LogP contribution in [0.5, 0.6) is 0 Å². The lowest BCUT2D eigenvalue weighted by Gasteiger charge is -2.06. The maximum atomic E-state index is 11.9. The predicted octanol–water partition coefficient (Wildman–Crippen LogP) is 2.16. The van der Waals surface area contributed by atoms with Gasteiger partial charge in [0.2, 0.25) is 5.91 Å². The fourth-order valence-corrected chi connectivity index (χ4v) is 2.69. The van der Waals surface area contributed by atoms with Crippen molar-refractivity contribution in [1.29, 1.82) is 0 Å². The molecule has 0 atom stereocenters. The Morgan fingerprint density at radius 1 is 1.42 bits per heavy atom. The molecule has 0 radical (unpaired) electrons. The Kier molecular flexibility index (Phi) is 5.44. The van der Waals surface area contributed by atoms with E-state index in [1.54, 1.807) is 6.92 Å². The number of nitrogens with one attached hydrogen (secondary N) is 1. The molecule has 0 aliphatic heterocycles. The third kappa shape index (κ3) is 4.00. The van der Waals surface area contributed by atoms with Crippen LogP contribution < -0.4 is 11.1 Å². The molecular formula is C12H16N2O3S2. The zero-order valence-corrected chi connectivity index (χ0v) is 12.7. The summed E-state index contributed by atoms with van der Waals surface area (Å²) < 4.78 is 4.99. The van der Waals surface area contributed by atoms with Gasteiger partial charge < -0.3 is 15.8 Å². The van der Waals surface area contributed by atoms with Crippen LogP contribution in [-0.4, -0.2) is 23.5 Å². The SMILES string of the molecule is CCOC(=O)c1c(NC(=O)CC(N)=S)sc(C)c1C. The first-order valence-electron chi connectivity index (χ1n) is 5.72. The van der Waals surface area contributed by atoms with Gasteiger partial charge in [-0.2, -0.15) is 0 Å². The van der Waals surface area contributed by atoms with Crippen molar-refractivity contribution in [2.75, 3.05) is 11.9 Å². The standard InChI is InChI=1S/C12H16N2O3S2/c1-4-17-12(16)10-6(2)7(3)19-11(10)14-9(15)5-8(13)18/h4-5H2,1-3H3,(H2,13,18)(H,14,15). The Morgan fingerprint density at radius 2 is 2.05 bits per heavy atom. The summed E-state index contributed by atoms with van der Waals surface area (Å²) in [5, 5.41) is 3.14. The summed E-state index contributed by atoms with van der Waals surface area (Å²) in [4.78, 5) is 24.6. The maximum Gasteiger partial charge on any atom is 0.341 e. The molecule has 0 aliphatic carbocycles. The monoisotopic (exact) mass is 300 g/mol. The van der Waals surface area contributed by atoms with Crippen LogP contribution in [0.3, 0.4) is 0 Å². The van der Waals surface area contributed by atoms with Crippen LogP contribution in [0.15, 0.2) is 0 Å². The summed E-state index contributed by atoms with van der Waals surface area (Å²) in [6.07, 6.45) is -0.0480. The Morgan fingerprint density at radius 3 is 2.58 bits per heavy atom. The highest BCUT2D eigenvalue weighted by atomic mass is 32.1. The van der Waals surface area contributed by atoms with Crippen LogP contribution in [-0.2, 0) is 9.53 Å². The number of thiocarbonyl (C=S) groups is 1. The number of hydrogen-bond donors (Lipinski definition) is 2. The van der Waals surface area contributed by atoms with Gasteiger partial charge in [-0.05, 0) is 26.3 Å². The number of rotatable bonds is 5. The molecule has 0 saturated heterocycles.